The van der Waals surface area contributed by atoms with Crippen molar-refractivity contribution in [1.82, 2.24) is 5.32 Å². The van der Waals surface area contributed by atoms with Gasteiger partial charge in [-0.2, -0.15) is 0 Å². The molecule has 100 valence electrons. The summed E-state index contributed by atoms with van der Waals surface area (Å²) in [6.07, 6.45) is 0. The molecule has 0 aliphatic rings. The Balaban J connectivity index is 2.45. The summed E-state index contributed by atoms with van der Waals surface area (Å²) in [6, 6.07) is 10.8. The zero-order valence-corrected chi connectivity index (χ0v) is 12.0. The molecule has 19 heavy (non-hydrogen) atoms. The minimum atomic E-state index is -0.353. The van der Waals surface area contributed by atoms with Crippen LogP contribution in [0.2, 0.25) is 0 Å². The second-order valence-electron chi connectivity index (χ2n) is 4.21. The van der Waals surface area contributed by atoms with Gasteiger partial charge in [-0.15, -0.1) is 0 Å². The average molecular weight is 326 g/mol. The number of hydrogen-bond acceptors (Lipinski definition) is 1. The van der Waals surface area contributed by atoms with Crippen molar-refractivity contribution in [3.05, 3.63) is 69.7 Å². The average Bonchev–Trinajstić information content (AvgIpc) is 2.37. The van der Waals surface area contributed by atoms with E-state index in [0.29, 0.717) is 22.1 Å². The Kier molecular flexibility index (Phi) is 4.66. The minimum absolute atomic E-state index is 0.315. The highest BCUT2D eigenvalue weighted by molar-refractivity contribution is 9.10. The Morgan fingerprint density at radius 1 is 1.16 bits per heavy atom. The Hall–Kier alpha value is -1.26. The Morgan fingerprint density at radius 3 is 2.58 bits per heavy atom. The predicted octanol–water partition coefficient (Wildman–Crippen LogP) is 4.43. The molecule has 0 amide bonds. The quantitative estimate of drug-likeness (QED) is 0.877. The minimum Gasteiger partial charge on any atom is -0.306 e. The lowest BCUT2D eigenvalue weighted by molar-refractivity contribution is 0.554. The van der Waals surface area contributed by atoms with Crippen LogP contribution in [0.15, 0.2) is 46.9 Å². The molecule has 1 N–H and O–H groups in total. The summed E-state index contributed by atoms with van der Waals surface area (Å²) in [4.78, 5) is 0. The van der Waals surface area contributed by atoms with E-state index in [4.69, 9.17) is 0 Å². The summed E-state index contributed by atoms with van der Waals surface area (Å²) in [5.74, 6) is -0.637. The van der Waals surface area contributed by atoms with Gasteiger partial charge in [0.25, 0.3) is 0 Å². The fourth-order valence-corrected chi connectivity index (χ4v) is 2.37. The zero-order valence-electron chi connectivity index (χ0n) is 10.5. The Labute approximate surface area is 119 Å². The molecule has 0 saturated carbocycles. The smallest absolute Gasteiger partial charge is 0.129 e. The van der Waals surface area contributed by atoms with Gasteiger partial charge in [0.15, 0.2) is 0 Å². The molecule has 0 aromatic heterocycles. The topological polar surface area (TPSA) is 12.0 Å². The van der Waals surface area contributed by atoms with Crippen LogP contribution in [0.25, 0.3) is 0 Å². The van der Waals surface area contributed by atoms with Gasteiger partial charge < -0.3 is 5.32 Å². The fourth-order valence-electron chi connectivity index (χ4n) is 2.03. The monoisotopic (exact) mass is 325 g/mol. The normalized spacial score (nSPS) is 12.4. The summed E-state index contributed by atoms with van der Waals surface area (Å²) in [5, 5.41) is 3.18. The van der Waals surface area contributed by atoms with Crippen molar-refractivity contribution in [3.63, 3.8) is 0 Å². The SMILES string of the molecule is CCNC(c1cccc(F)c1)c1ccc(Br)cc1F. The van der Waals surface area contributed by atoms with E-state index in [1.54, 1.807) is 24.3 Å². The van der Waals surface area contributed by atoms with Crippen molar-refractivity contribution < 1.29 is 8.78 Å². The van der Waals surface area contributed by atoms with Gasteiger partial charge in [-0.1, -0.05) is 41.1 Å². The molecule has 0 radical (unpaired) electrons. The maximum absolute atomic E-state index is 14.0. The fraction of sp³-hybridized carbons (Fsp3) is 0.200. The van der Waals surface area contributed by atoms with Crippen LogP contribution in [0.3, 0.4) is 0 Å². The molecule has 2 aromatic rings. The maximum atomic E-state index is 14.0. The van der Waals surface area contributed by atoms with E-state index >= 15 is 0 Å². The van der Waals surface area contributed by atoms with Gasteiger partial charge in [0.2, 0.25) is 0 Å². The van der Waals surface area contributed by atoms with E-state index in [-0.39, 0.29) is 17.7 Å². The molecule has 0 spiro atoms. The van der Waals surface area contributed by atoms with Crippen LogP contribution in [-0.2, 0) is 0 Å². The zero-order chi connectivity index (χ0) is 13.8. The van der Waals surface area contributed by atoms with E-state index < -0.39 is 0 Å². The third-order valence-corrected chi connectivity index (χ3v) is 3.36. The molecule has 0 saturated heterocycles. The second kappa shape index (κ2) is 6.26. The Morgan fingerprint density at radius 2 is 1.95 bits per heavy atom. The van der Waals surface area contributed by atoms with Crippen LogP contribution >= 0.6 is 15.9 Å². The van der Waals surface area contributed by atoms with E-state index in [1.165, 1.54) is 18.2 Å². The third-order valence-electron chi connectivity index (χ3n) is 2.86. The molecule has 2 rings (SSSR count). The van der Waals surface area contributed by atoms with Crippen LogP contribution in [0.5, 0.6) is 0 Å². The molecule has 0 bridgehead atoms. The summed E-state index contributed by atoms with van der Waals surface area (Å²) >= 11 is 3.23. The molecule has 0 fully saturated rings. The van der Waals surface area contributed by atoms with Gasteiger partial charge in [-0.05, 0) is 36.4 Å². The van der Waals surface area contributed by atoms with Crippen LogP contribution in [0.1, 0.15) is 24.1 Å². The molecule has 0 heterocycles. The lowest BCUT2D eigenvalue weighted by atomic mass is 9.98. The van der Waals surface area contributed by atoms with Crippen molar-refractivity contribution in [2.75, 3.05) is 6.54 Å². The highest BCUT2D eigenvalue weighted by Gasteiger charge is 2.17. The number of halogens is 3. The van der Waals surface area contributed by atoms with Crippen LogP contribution < -0.4 is 5.32 Å². The number of hydrogen-bond donors (Lipinski definition) is 1. The number of rotatable bonds is 4. The first kappa shape index (κ1) is 14.2. The number of nitrogens with one attached hydrogen (secondary N) is 1. The highest BCUT2D eigenvalue weighted by Crippen LogP contribution is 2.26. The van der Waals surface area contributed by atoms with Gasteiger partial charge in [0.1, 0.15) is 11.6 Å². The summed E-state index contributed by atoms with van der Waals surface area (Å²) < 4.78 is 28.0. The molecule has 1 atom stereocenters. The Bertz CT molecular complexity index is 572. The van der Waals surface area contributed by atoms with E-state index in [1.807, 2.05) is 6.92 Å². The van der Waals surface area contributed by atoms with Gasteiger partial charge in [0, 0.05) is 10.0 Å². The highest BCUT2D eigenvalue weighted by atomic mass is 79.9. The van der Waals surface area contributed by atoms with E-state index in [2.05, 4.69) is 21.2 Å². The van der Waals surface area contributed by atoms with Crippen LogP contribution in [-0.4, -0.2) is 6.54 Å². The lowest BCUT2D eigenvalue weighted by Gasteiger charge is -2.19. The predicted molar refractivity (Wildman–Crippen MR) is 76.0 cm³/mol. The van der Waals surface area contributed by atoms with Gasteiger partial charge in [-0.3, -0.25) is 0 Å². The van der Waals surface area contributed by atoms with E-state index in [9.17, 15) is 8.78 Å². The molecular weight excluding hydrogens is 312 g/mol. The first-order valence-electron chi connectivity index (χ1n) is 6.05. The summed E-state index contributed by atoms with van der Waals surface area (Å²) in [6.45, 7) is 2.60. The molecule has 1 unspecified atom stereocenters. The molecule has 0 aliphatic heterocycles. The summed E-state index contributed by atoms with van der Waals surface area (Å²) in [7, 11) is 0. The van der Waals surface area contributed by atoms with E-state index in [0.717, 1.165) is 0 Å². The molecule has 1 nitrogen and oxygen atoms in total. The lowest BCUT2D eigenvalue weighted by Crippen LogP contribution is -2.23. The molecular formula is C15H14BrF2N. The third kappa shape index (κ3) is 3.39. The van der Waals surface area contributed by atoms with Crippen molar-refractivity contribution in [2.45, 2.75) is 13.0 Å². The van der Waals surface area contributed by atoms with Crippen molar-refractivity contribution >= 4 is 15.9 Å². The molecule has 2 aromatic carbocycles. The van der Waals surface area contributed by atoms with Crippen molar-refractivity contribution in [3.8, 4) is 0 Å². The molecule has 0 aliphatic carbocycles. The molecule has 4 heteroatoms. The van der Waals surface area contributed by atoms with Crippen LogP contribution in [0, 0.1) is 11.6 Å². The second-order valence-corrected chi connectivity index (χ2v) is 5.13. The van der Waals surface area contributed by atoms with Crippen molar-refractivity contribution in [2.24, 2.45) is 0 Å². The van der Waals surface area contributed by atoms with Crippen LogP contribution in [0.4, 0.5) is 8.78 Å². The first-order chi connectivity index (χ1) is 9.11. The standard InChI is InChI=1S/C15H14BrF2N/c1-2-19-15(10-4-3-5-12(17)8-10)13-7-6-11(16)9-14(13)18/h3-9,15,19H,2H2,1H3. The summed E-state index contributed by atoms with van der Waals surface area (Å²) in [5.41, 5.74) is 1.22. The van der Waals surface area contributed by atoms with Gasteiger partial charge in [-0.25, -0.2) is 8.78 Å². The van der Waals surface area contributed by atoms with Gasteiger partial charge >= 0.3 is 0 Å². The van der Waals surface area contributed by atoms with Crippen molar-refractivity contribution in [1.29, 1.82) is 0 Å². The largest absolute Gasteiger partial charge is 0.306 e. The maximum Gasteiger partial charge on any atom is 0.129 e. The number of benzene rings is 2. The van der Waals surface area contributed by atoms with Gasteiger partial charge in [0.05, 0.1) is 6.04 Å². The first-order valence-corrected chi connectivity index (χ1v) is 6.85.